The first kappa shape index (κ1) is 6.94. The number of thiol groups is 1. The quantitative estimate of drug-likeness (QED) is 0.518. The Labute approximate surface area is 60.7 Å². The molecule has 0 radical (unpaired) electrons. The van der Waals surface area contributed by atoms with Gasteiger partial charge in [-0.15, -0.1) is 12.6 Å². The summed E-state index contributed by atoms with van der Waals surface area (Å²) in [5.41, 5.74) is -0.414. The molecule has 0 saturated heterocycles. The van der Waals surface area contributed by atoms with Crippen LogP contribution in [0, 0.1) is 0 Å². The van der Waals surface area contributed by atoms with Gasteiger partial charge in [-0.2, -0.15) is 0 Å². The number of aromatic nitrogens is 1. The lowest BCUT2D eigenvalue weighted by atomic mass is 10.4. The molecular weight excluding hydrogens is 158 g/mol. The van der Waals surface area contributed by atoms with E-state index in [2.05, 4.69) is 22.3 Å². The fourth-order valence-electron chi connectivity index (χ4n) is 0.461. The minimum Gasteiger partial charge on any atom is -0.490 e. The lowest BCUT2D eigenvalue weighted by Crippen LogP contribution is -1.94. The topological polar surface area (TPSA) is 83.6 Å². The molecule has 0 saturated carbocycles. The van der Waals surface area contributed by atoms with Crippen LogP contribution >= 0.6 is 12.6 Å². The molecule has 0 bridgehead atoms. The van der Waals surface area contributed by atoms with Crippen LogP contribution < -0.4 is 0 Å². The Kier molecular flexibility index (Phi) is 1.54. The summed E-state index contributed by atoms with van der Waals surface area (Å²) in [5, 5.41) is 19.8. The first-order chi connectivity index (χ1) is 4.63. The average molecular weight is 161 g/mol. The molecule has 1 aromatic rings. The van der Waals surface area contributed by atoms with Gasteiger partial charge in [0.15, 0.2) is 5.56 Å². The van der Waals surface area contributed by atoms with Crippen LogP contribution in [-0.4, -0.2) is 21.3 Å². The molecule has 0 aliphatic carbocycles. The molecule has 0 unspecified atom stereocenters. The Bertz CT molecular complexity index is 249. The van der Waals surface area contributed by atoms with Crippen molar-refractivity contribution in [2.75, 3.05) is 0 Å². The van der Waals surface area contributed by atoms with Crippen LogP contribution in [0.3, 0.4) is 0 Å². The van der Waals surface area contributed by atoms with E-state index < -0.39 is 17.4 Å². The molecule has 5 nitrogen and oxygen atoms in total. The molecule has 54 valence electrons. The van der Waals surface area contributed by atoms with E-state index in [1.165, 1.54) is 0 Å². The van der Waals surface area contributed by atoms with Crippen LogP contribution in [0.4, 0.5) is 0 Å². The third-order valence-corrected chi connectivity index (χ3v) is 1.18. The summed E-state index contributed by atoms with van der Waals surface area (Å²) in [6.07, 6.45) is 0. The fraction of sp³-hybridized carbons (Fsp3) is 0. The largest absolute Gasteiger partial charge is 0.490 e. The summed E-state index contributed by atoms with van der Waals surface area (Å²) in [7, 11) is 0. The van der Waals surface area contributed by atoms with E-state index in [9.17, 15) is 4.79 Å². The number of rotatable bonds is 1. The number of nitrogens with zero attached hydrogens (tertiary/aromatic N) is 1. The van der Waals surface area contributed by atoms with Crippen LogP contribution in [0.15, 0.2) is 9.62 Å². The zero-order chi connectivity index (χ0) is 7.72. The lowest BCUT2D eigenvalue weighted by Gasteiger charge is -1.85. The first-order valence-corrected chi connectivity index (χ1v) is 2.68. The average Bonchev–Trinajstić information content (AvgIpc) is 2.11. The predicted molar refractivity (Wildman–Crippen MR) is 32.4 cm³/mol. The van der Waals surface area contributed by atoms with Crippen molar-refractivity contribution in [2.24, 2.45) is 0 Å². The molecule has 0 aliphatic heterocycles. The fourth-order valence-corrected chi connectivity index (χ4v) is 0.697. The van der Waals surface area contributed by atoms with Crippen molar-refractivity contribution in [1.29, 1.82) is 0 Å². The van der Waals surface area contributed by atoms with Gasteiger partial charge in [-0.3, -0.25) is 0 Å². The van der Waals surface area contributed by atoms with Crippen molar-refractivity contribution in [1.82, 2.24) is 5.16 Å². The van der Waals surface area contributed by atoms with Crippen LogP contribution in [0.1, 0.15) is 10.4 Å². The van der Waals surface area contributed by atoms with Gasteiger partial charge < -0.3 is 14.7 Å². The van der Waals surface area contributed by atoms with E-state index in [0.717, 1.165) is 0 Å². The minimum absolute atomic E-state index is 0.204. The molecule has 0 amide bonds. The highest BCUT2D eigenvalue weighted by Gasteiger charge is 2.19. The normalized spacial score (nSPS) is 9.70. The maximum Gasteiger partial charge on any atom is 0.345 e. The highest BCUT2D eigenvalue weighted by Crippen LogP contribution is 2.22. The van der Waals surface area contributed by atoms with Crippen molar-refractivity contribution >= 4 is 18.6 Å². The maximum atomic E-state index is 10.2. The van der Waals surface area contributed by atoms with Crippen molar-refractivity contribution in [3.63, 3.8) is 0 Å². The highest BCUT2D eigenvalue weighted by atomic mass is 32.1. The zero-order valence-electron chi connectivity index (χ0n) is 4.61. The van der Waals surface area contributed by atoms with E-state index in [1.807, 2.05) is 0 Å². The molecule has 0 fully saturated rings. The number of carboxylic acids is 1. The Morgan fingerprint density at radius 3 is 2.50 bits per heavy atom. The van der Waals surface area contributed by atoms with E-state index in [4.69, 9.17) is 10.2 Å². The predicted octanol–water partition coefficient (Wildman–Crippen LogP) is 0.367. The molecule has 10 heavy (non-hydrogen) atoms. The Hall–Kier alpha value is -1.17. The first-order valence-electron chi connectivity index (χ1n) is 2.24. The Morgan fingerprint density at radius 2 is 2.30 bits per heavy atom. The highest BCUT2D eigenvalue weighted by molar-refractivity contribution is 7.80. The standard InChI is InChI=1S/C4H3NO4S/c6-2-1(3(7)8)4(10)9-5-2/h10H,(H,5,6)(H,7,8). The number of hydrogen-bond donors (Lipinski definition) is 3. The van der Waals surface area contributed by atoms with Gasteiger partial charge in [0.1, 0.15) is 0 Å². The second kappa shape index (κ2) is 2.22. The third-order valence-electron chi connectivity index (χ3n) is 0.870. The molecule has 0 aromatic carbocycles. The molecular formula is C4H3NO4S. The van der Waals surface area contributed by atoms with Crippen molar-refractivity contribution in [3.05, 3.63) is 5.56 Å². The van der Waals surface area contributed by atoms with Crippen molar-refractivity contribution in [2.45, 2.75) is 5.09 Å². The maximum absolute atomic E-state index is 10.2. The molecule has 0 atom stereocenters. The molecule has 2 N–H and O–H groups in total. The number of aromatic carboxylic acids is 1. The van der Waals surface area contributed by atoms with Gasteiger partial charge in [0.25, 0.3) is 5.88 Å². The molecule has 1 aromatic heterocycles. The molecule has 1 rings (SSSR count). The molecule has 6 heteroatoms. The summed E-state index contributed by atoms with van der Waals surface area (Å²) in [6.45, 7) is 0. The Morgan fingerprint density at radius 1 is 1.70 bits per heavy atom. The van der Waals surface area contributed by atoms with E-state index in [0.29, 0.717) is 0 Å². The second-order valence-corrected chi connectivity index (χ2v) is 1.90. The van der Waals surface area contributed by atoms with Crippen LogP contribution in [0.5, 0.6) is 5.88 Å². The van der Waals surface area contributed by atoms with Crippen LogP contribution in [0.25, 0.3) is 0 Å². The second-order valence-electron chi connectivity index (χ2n) is 1.49. The van der Waals surface area contributed by atoms with Gasteiger partial charge in [-0.25, -0.2) is 4.79 Å². The van der Waals surface area contributed by atoms with Gasteiger partial charge in [0.05, 0.1) is 0 Å². The zero-order valence-corrected chi connectivity index (χ0v) is 5.50. The number of carbonyl (C=O) groups is 1. The number of aromatic hydroxyl groups is 1. The smallest absolute Gasteiger partial charge is 0.345 e. The van der Waals surface area contributed by atoms with E-state index in [1.54, 1.807) is 0 Å². The van der Waals surface area contributed by atoms with Crippen molar-refractivity contribution in [3.8, 4) is 5.88 Å². The summed E-state index contributed by atoms with van der Waals surface area (Å²) < 4.78 is 4.24. The van der Waals surface area contributed by atoms with Gasteiger partial charge in [0, 0.05) is 0 Å². The Balaban J connectivity index is 3.23. The van der Waals surface area contributed by atoms with Crippen LogP contribution in [0.2, 0.25) is 0 Å². The monoisotopic (exact) mass is 161 g/mol. The van der Waals surface area contributed by atoms with Gasteiger partial charge in [-0.05, 0) is 5.16 Å². The summed E-state index contributed by atoms with van der Waals surface area (Å²) in [6, 6.07) is 0. The summed E-state index contributed by atoms with van der Waals surface area (Å²) >= 11 is 3.59. The van der Waals surface area contributed by atoms with Crippen LogP contribution in [-0.2, 0) is 0 Å². The summed E-state index contributed by atoms with van der Waals surface area (Å²) in [4.78, 5) is 10.2. The number of hydrogen-bond acceptors (Lipinski definition) is 5. The minimum atomic E-state index is -1.32. The van der Waals surface area contributed by atoms with E-state index in [-0.39, 0.29) is 5.09 Å². The van der Waals surface area contributed by atoms with Gasteiger partial charge in [0.2, 0.25) is 5.09 Å². The molecule has 0 aliphatic rings. The molecule has 0 spiro atoms. The third kappa shape index (κ3) is 0.926. The molecule has 1 heterocycles. The lowest BCUT2D eigenvalue weighted by molar-refractivity contribution is 0.0688. The van der Waals surface area contributed by atoms with Gasteiger partial charge >= 0.3 is 5.97 Å². The SMILES string of the molecule is O=C(O)c1c(O)noc1S. The summed E-state index contributed by atoms with van der Waals surface area (Å²) in [5.74, 6) is -1.97. The number of carboxylic acid groups (broad SMARTS) is 1. The van der Waals surface area contributed by atoms with Crippen molar-refractivity contribution < 1.29 is 19.5 Å². The van der Waals surface area contributed by atoms with E-state index >= 15 is 0 Å². The van der Waals surface area contributed by atoms with Gasteiger partial charge in [-0.1, -0.05) is 0 Å².